The fraction of sp³-hybridized carbons (Fsp3) is 0.467. The van der Waals surface area contributed by atoms with Gasteiger partial charge in [0.15, 0.2) is 11.6 Å². The number of nitrogens with two attached hydrogens (primary N) is 1. The van der Waals surface area contributed by atoms with Crippen LogP contribution in [0.1, 0.15) is 19.3 Å². The monoisotopic (exact) mass is 271 g/mol. The van der Waals surface area contributed by atoms with Crippen molar-refractivity contribution in [1.82, 2.24) is 9.97 Å². The van der Waals surface area contributed by atoms with Crippen LogP contribution in [0.3, 0.4) is 0 Å². The lowest BCUT2D eigenvalue weighted by Crippen LogP contribution is -2.45. The zero-order chi connectivity index (χ0) is 13.9. The number of benzene rings is 1. The maximum atomic E-state index is 5.92. The highest BCUT2D eigenvalue weighted by Gasteiger charge is 2.25. The molecule has 0 aliphatic carbocycles. The average Bonchev–Trinajstić information content (AvgIpc) is 2.53. The van der Waals surface area contributed by atoms with Crippen LogP contribution in [0.4, 0.5) is 11.6 Å². The van der Waals surface area contributed by atoms with Crippen molar-refractivity contribution in [2.45, 2.75) is 25.3 Å². The van der Waals surface area contributed by atoms with E-state index in [2.05, 4.69) is 15.2 Å². The summed E-state index contributed by atoms with van der Waals surface area (Å²) in [5, 5.41) is 3.17. The Morgan fingerprint density at radius 1 is 1.25 bits per heavy atom. The van der Waals surface area contributed by atoms with Crippen LogP contribution >= 0.6 is 0 Å². The number of nitrogens with zero attached hydrogens (tertiary/aromatic N) is 3. The molecule has 0 unspecified atom stereocenters. The van der Waals surface area contributed by atoms with E-state index in [0.29, 0.717) is 12.6 Å². The fourth-order valence-electron chi connectivity index (χ4n) is 2.88. The molecule has 0 saturated carbocycles. The topological polar surface area (TPSA) is 67.1 Å². The molecule has 2 aromatic rings. The Hall–Kier alpha value is -1.88. The summed E-state index contributed by atoms with van der Waals surface area (Å²) in [4.78, 5) is 11.8. The number of piperidine rings is 1. The number of nitrogens with one attached hydrogen (secondary N) is 1. The van der Waals surface area contributed by atoms with Crippen LogP contribution in [0, 0.1) is 0 Å². The predicted molar refractivity (Wildman–Crippen MR) is 83.1 cm³/mol. The van der Waals surface area contributed by atoms with Crippen molar-refractivity contribution in [3.8, 4) is 0 Å². The molecular weight excluding hydrogens is 250 g/mol. The van der Waals surface area contributed by atoms with E-state index in [-0.39, 0.29) is 0 Å². The molecule has 0 amide bonds. The Morgan fingerprint density at radius 2 is 2.00 bits per heavy atom. The lowest BCUT2D eigenvalue weighted by atomic mass is 10.0. The summed E-state index contributed by atoms with van der Waals surface area (Å²) in [6.07, 6.45) is 3.57. The second-order valence-electron chi connectivity index (χ2n) is 5.21. The minimum absolute atomic E-state index is 0.367. The molecule has 106 valence electrons. The second-order valence-corrected chi connectivity index (χ2v) is 5.21. The fourth-order valence-corrected chi connectivity index (χ4v) is 2.88. The van der Waals surface area contributed by atoms with Crippen molar-refractivity contribution in [3.63, 3.8) is 0 Å². The summed E-state index contributed by atoms with van der Waals surface area (Å²) in [5.41, 5.74) is 7.78. The van der Waals surface area contributed by atoms with Crippen LogP contribution in [0.5, 0.6) is 0 Å². The van der Waals surface area contributed by atoms with Crippen molar-refractivity contribution < 1.29 is 0 Å². The molecule has 1 aromatic heterocycles. The van der Waals surface area contributed by atoms with E-state index in [1.165, 1.54) is 12.8 Å². The molecule has 3 N–H and O–H groups in total. The predicted octanol–water partition coefficient (Wildman–Crippen LogP) is 1.99. The van der Waals surface area contributed by atoms with Gasteiger partial charge in [-0.15, -0.1) is 0 Å². The molecular formula is C15H21N5. The van der Waals surface area contributed by atoms with Gasteiger partial charge in [-0.3, -0.25) is 0 Å². The molecule has 0 spiro atoms. The molecule has 1 atom stereocenters. The quantitative estimate of drug-likeness (QED) is 0.893. The van der Waals surface area contributed by atoms with E-state index >= 15 is 0 Å². The van der Waals surface area contributed by atoms with Crippen molar-refractivity contribution in [2.75, 3.05) is 30.4 Å². The van der Waals surface area contributed by atoms with E-state index in [1.54, 1.807) is 0 Å². The number of anilines is 2. The summed E-state index contributed by atoms with van der Waals surface area (Å²) in [5.74, 6) is 1.77. The number of hydrogen-bond acceptors (Lipinski definition) is 5. The molecule has 20 heavy (non-hydrogen) atoms. The first-order valence-electron chi connectivity index (χ1n) is 7.24. The smallest absolute Gasteiger partial charge is 0.172 e. The Balaban J connectivity index is 2.08. The third-order valence-corrected chi connectivity index (χ3v) is 3.96. The average molecular weight is 271 g/mol. The lowest BCUT2D eigenvalue weighted by molar-refractivity contribution is 0.462. The van der Waals surface area contributed by atoms with Crippen LogP contribution in [-0.4, -0.2) is 36.1 Å². The largest absolute Gasteiger partial charge is 0.370 e. The Kier molecular flexibility index (Phi) is 3.69. The molecule has 1 saturated heterocycles. The van der Waals surface area contributed by atoms with Crippen molar-refractivity contribution in [2.24, 2.45) is 5.73 Å². The molecule has 1 aliphatic heterocycles. The first kappa shape index (κ1) is 13.1. The molecule has 0 radical (unpaired) electrons. The highest BCUT2D eigenvalue weighted by molar-refractivity contribution is 5.80. The zero-order valence-corrected chi connectivity index (χ0v) is 11.8. The van der Waals surface area contributed by atoms with Gasteiger partial charge in [-0.05, 0) is 31.4 Å². The Labute approximate surface area is 119 Å². The van der Waals surface area contributed by atoms with E-state index in [4.69, 9.17) is 10.7 Å². The molecule has 1 aromatic carbocycles. The standard InChI is InChI=1S/C15H21N5/c1-17-14-15(20-9-5-4-6-11(20)10-16)19-13-8-3-2-7-12(13)18-14/h2-3,7-8,11H,4-6,9-10,16H2,1H3,(H,17,18)/t11-/m1/s1. The van der Waals surface area contributed by atoms with Gasteiger partial charge in [-0.25, -0.2) is 9.97 Å². The molecule has 2 heterocycles. The first-order valence-corrected chi connectivity index (χ1v) is 7.24. The molecule has 5 nitrogen and oxygen atoms in total. The van der Waals surface area contributed by atoms with Crippen LogP contribution in [0.15, 0.2) is 24.3 Å². The normalized spacial score (nSPS) is 19.3. The van der Waals surface area contributed by atoms with E-state index < -0.39 is 0 Å². The highest BCUT2D eigenvalue weighted by atomic mass is 15.3. The van der Waals surface area contributed by atoms with Crippen molar-refractivity contribution >= 4 is 22.7 Å². The van der Waals surface area contributed by atoms with Gasteiger partial charge in [0.25, 0.3) is 0 Å². The molecule has 1 fully saturated rings. The van der Waals surface area contributed by atoms with Gasteiger partial charge in [0.1, 0.15) is 0 Å². The third-order valence-electron chi connectivity index (χ3n) is 3.96. The zero-order valence-electron chi connectivity index (χ0n) is 11.8. The maximum Gasteiger partial charge on any atom is 0.172 e. The Morgan fingerprint density at radius 3 is 2.70 bits per heavy atom. The lowest BCUT2D eigenvalue weighted by Gasteiger charge is -2.36. The minimum atomic E-state index is 0.367. The number of aromatic nitrogens is 2. The molecule has 0 bridgehead atoms. The van der Waals surface area contributed by atoms with Gasteiger partial charge in [-0.1, -0.05) is 12.1 Å². The van der Waals surface area contributed by atoms with Gasteiger partial charge in [0, 0.05) is 26.2 Å². The number of para-hydroxylation sites is 2. The van der Waals surface area contributed by atoms with E-state index in [1.807, 2.05) is 31.3 Å². The van der Waals surface area contributed by atoms with Gasteiger partial charge >= 0.3 is 0 Å². The van der Waals surface area contributed by atoms with Gasteiger partial charge in [0.05, 0.1) is 11.0 Å². The van der Waals surface area contributed by atoms with Crippen LogP contribution in [0.2, 0.25) is 0 Å². The van der Waals surface area contributed by atoms with Gasteiger partial charge in [-0.2, -0.15) is 0 Å². The molecule has 1 aliphatic rings. The van der Waals surface area contributed by atoms with E-state index in [9.17, 15) is 0 Å². The van der Waals surface area contributed by atoms with Crippen LogP contribution in [0.25, 0.3) is 11.0 Å². The number of fused-ring (bicyclic) bond motifs is 1. The van der Waals surface area contributed by atoms with Gasteiger partial charge in [0.2, 0.25) is 0 Å². The first-order chi connectivity index (χ1) is 9.83. The Bertz CT molecular complexity index is 598. The summed E-state index contributed by atoms with van der Waals surface area (Å²) >= 11 is 0. The summed E-state index contributed by atoms with van der Waals surface area (Å²) < 4.78 is 0. The van der Waals surface area contributed by atoms with Crippen molar-refractivity contribution in [3.05, 3.63) is 24.3 Å². The third kappa shape index (κ3) is 2.29. The summed E-state index contributed by atoms with van der Waals surface area (Å²) in [6.45, 7) is 1.67. The SMILES string of the molecule is CNc1nc2ccccc2nc1N1CCCC[C@@H]1CN. The summed E-state index contributed by atoms with van der Waals surface area (Å²) in [7, 11) is 1.89. The summed E-state index contributed by atoms with van der Waals surface area (Å²) in [6, 6.07) is 8.35. The second kappa shape index (κ2) is 5.63. The minimum Gasteiger partial charge on any atom is -0.370 e. The van der Waals surface area contributed by atoms with E-state index in [0.717, 1.165) is 35.6 Å². The number of rotatable bonds is 3. The maximum absolute atomic E-state index is 5.92. The molecule has 5 heteroatoms. The molecule has 3 rings (SSSR count). The number of hydrogen-bond donors (Lipinski definition) is 2. The van der Waals surface area contributed by atoms with Crippen LogP contribution < -0.4 is 16.0 Å². The highest BCUT2D eigenvalue weighted by Crippen LogP contribution is 2.29. The van der Waals surface area contributed by atoms with Crippen LogP contribution in [-0.2, 0) is 0 Å². The van der Waals surface area contributed by atoms with Gasteiger partial charge < -0.3 is 16.0 Å². The van der Waals surface area contributed by atoms with Crippen molar-refractivity contribution in [1.29, 1.82) is 0 Å².